The van der Waals surface area contributed by atoms with E-state index in [2.05, 4.69) is 27.0 Å². The van der Waals surface area contributed by atoms with Gasteiger partial charge < -0.3 is 4.74 Å². The van der Waals surface area contributed by atoms with Crippen molar-refractivity contribution in [2.45, 2.75) is 31.9 Å². The third-order valence-corrected chi connectivity index (χ3v) is 2.57. The Balaban J connectivity index is 3.28. The maximum atomic E-state index is 5.42. The van der Waals surface area contributed by atoms with E-state index >= 15 is 0 Å². The van der Waals surface area contributed by atoms with Crippen LogP contribution in [0.25, 0.3) is 0 Å². The number of thioether (sulfide) groups is 1. The van der Waals surface area contributed by atoms with E-state index < -0.39 is 0 Å². The molecule has 62 valence electrons. The third-order valence-electron chi connectivity index (χ3n) is 1.35. The summed E-state index contributed by atoms with van der Waals surface area (Å²) in [6.45, 7) is 8.29. The molecule has 0 heterocycles. The summed E-state index contributed by atoms with van der Waals surface area (Å²) in [5.41, 5.74) is 0. The van der Waals surface area contributed by atoms with Gasteiger partial charge in [0.2, 0.25) is 0 Å². The largest absolute Gasteiger partial charge is 0.380 e. The molecule has 0 spiro atoms. The van der Waals surface area contributed by atoms with E-state index in [-0.39, 0.29) is 4.75 Å². The SMILES string of the molecule is CCCOCC(C)(C)SC. The first-order valence-corrected chi connectivity index (χ1v) is 4.98. The Labute approximate surface area is 68.5 Å². The molecule has 0 aromatic heterocycles. The minimum absolute atomic E-state index is 0.287. The lowest BCUT2D eigenvalue weighted by Crippen LogP contribution is -2.22. The molecular weight excluding hydrogens is 144 g/mol. The highest BCUT2D eigenvalue weighted by Gasteiger charge is 2.14. The molecule has 0 radical (unpaired) electrons. The Bertz CT molecular complexity index is 81.3. The molecule has 0 amide bonds. The lowest BCUT2D eigenvalue weighted by molar-refractivity contribution is 0.120. The monoisotopic (exact) mass is 162 g/mol. The predicted octanol–water partition coefficient (Wildman–Crippen LogP) is 2.55. The molecule has 0 fully saturated rings. The van der Waals surface area contributed by atoms with Crippen LogP contribution in [0.5, 0.6) is 0 Å². The second-order valence-corrected chi connectivity index (χ2v) is 4.53. The standard InChI is InChI=1S/C8H18OS/c1-5-6-9-7-8(2,3)10-4/h5-7H2,1-4H3. The Morgan fingerprint density at radius 3 is 2.40 bits per heavy atom. The van der Waals surface area contributed by atoms with Gasteiger partial charge in [0, 0.05) is 11.4 Å². The van der Waals surface area contributed by atoms with Crippen LogP contribution < -0.4 is 0 Å². The Hall–Kier alpha value is 0.310. The van der Waals surface area contributed by atoms with Gasteiger partial charge in [-0.1, -0.05) is 6.92 Å². The second-order valence-electron chi connectivity index (χ2n) is 3.02. The third kappa shape index (κ3) is 5.12. The summed E-state index contributed by atoms with van der Waals surface area (Å²) in [6.07, 6.45) is 3.24. The molecule has 1 nitrogen and oxygen atoms in total. The molecule has 0 saturated heterocycles. The fraction of sp³-hybridized carbons (Fsp3) is 1.00. The molecule has 0 aromatic rings. The Morgan fingerprint density at radius 1 is 1.40 bits per heavy atom. The summed E-state index contributed by atoms with van der Waals surface area (Å²) in [7, 11) is 0. The van der Waals surface area contributed by atoms with Crippen LogP contribution in [0, 0.1) is 0 Å². The van der Waals surface area contributed by atoms with Crippen molar-refractivity contribution < 1.29 is 4.74 Å². The summed E-state index contributed by atoms with van der Waals surface area (Å²) in [5, 5.41) is 0. The zero-order chi connectivity index (χ0) is 8.04. The fourth-order valence-corrected chi connectivity index (χ4v) is 0.722. The van der Waals surface area contributed by atoms with E-state index in [0.29, 0.717) is 0 Å². The van der Waals surface area contributed by atoms with Gasteiger partial charge in [-0.25, -0.2) is 0 Å². The van der Waals surface area contributed by atoms with Crippen LogP contribution in [-0.4, -0.2) is 24.2 Å². The van der Waals surface area contributed by atoms with Crippen molar-refractivity contribution in [1.29, 1.82) is 0 Å². The number of hydrogen-bond donors (Lipinski definition) is 0. The maximum Gasteiger partial charge on any atom is 0.0607 e. The first-order valence-electron chi connectivity index (χ1n) is 3.75. The van der Waals surface area contributed by atoms with E-state index in [9.17, 15) is 0 Å². The molecule has 0 saturated carbocycles. The molecule has 0 aromatic carbocycles. The summed E-state index contributed by atoms with van der Waals surface area (Å²) >= 11 is 1.85. The first-order chi connectivity index (χ1) is 4.62. The smallest absolute Gasteiger partial charge is 0.0607 e. The van der Waals surface area contributed by atoms with Crippen molar-refractivity contribution in [3.63, 3.8) is 0 Å². The molecular formula is C8H18OS. The van der Waals surface area contributed by atoms with E-state index in [0.717, 1.165) is 19.6 Å². The zero-order valence-electron chi connectivity index (χ0n) is 7.44. The summed E-state index contributed by atoms with van der Waals surface area (Å²) in [6, 6.07) is 0. The van der Waals surface area contributed by atoms with Gasteiger partial charge in [-0.3, -0.25) is 0 Å². The topological polar surface area (TPSA) is 9.23 Å². The van der Waals surface area contributed by atoms with Gasteiger partial charge in [0.25, 0.3) is 0 Å². The van der Waals surface area contributed by atoms with Gasteiger partial charge in [-0.2, -0.15) is 11.8 Å². The molecule has 0 N–H and O–H groups in total. The van der Waals surface area contributed by atoms with Crippen LogP contribution in [0.4, 0.5) is 0 Å². The number of hydrogen-bond acceptors (Lipinski definition) is 2. The van der Waals surface area contributed by atoms with Gasteiger partial charge in [-0.15, -0.1) is 0 Å². The van der Waals surface area contributed by atoms with E-state index in [1.165, 1.54) is 0 Å². The lowest BCUT2D eigenvalue weighted by Gasteiger charge is -2.21. The van der Waals surface area contributed by atoms with Gasteiger partial charge in [0.1, 0.15) is 0 Å². The molecule has 10 heavy (non-hydrogen) atoms. The summed E-state index contributed by atoms with van der Waals surface area (Å²) in [4.78, 5) is 0. The Morgan fingerprint density at radius 2 is 2.00 bits per heavy atom. The van der Waals surface area contributed by atoms with Gasteiger partial charge in [-0.05, 0) is 26.5 Å². The number of ether oxygens (including phenoxy) is 1. The highest BCUT2D eigenvalue weighted by atomic mass is 32.2. The van der Waals surface area contributed by atoms with Crippen molar-refractivity contribution >= 4 is 11.8 Å². The Kier molecular flexibility index (Phi) is 5.18. The highest BCUT2D eigenvalue weighted by molar-refractivity contribution is 7.99. The van der Waals surface area contributed by atoms with Gasteiger partial charge in [0.15, 0.2) is 0 Å². The predicted molar refractivity (Wildman–Crippen MR) is 48.7 cm³/mol. The second kappa shape index (κ2) is 5.03. The molecule has 0 unspecified atom stereocenters. The number of rotatable bonds is 5. The molecule has 0 aliphatic heterocycles. The molecule has 0 aliphatic rings. The minimum Gasteiger partial charge on any atom is -0.380 e. The van der Waals surface area contributed by atoms with Gasteiger partial charge >= 0.3 is 0 Å². The average molecular weight is 162 g/mol. The molecule has 0 aliphatic carbocycles. The van der Waals surface area contributed by atoms with Crippen LogP contribution in [0.2, 0.25) is 0 Å². The normalized spacial score (nSPS) is 12.0. The first kappa shape index (κ1) is 10.3. The van der Waals surface area contributed by atoms with Crippen LogP contribution in [0.15, 0.2) is 0 Å². The van der Waals surface area contributed by atoms with Gasteiger partial charge in [0.05, 0.1) is 6.61 Å². The molecule has 0 rings (SSSR count). The minimum atomic E-state index is 0.287. The van der Waals surface area contributed by atoms with E-state index in [4.69, 9.17) is 4.74 Å². The molecule has 0 bridgehead atoms. The average Bonchev–Trinajstić information content (AvgIpc) is 1.89. The van der Waals surface area contributed by atoms with E-state index in [1.807, 2.05) is 11.8 Å². The van der Waals surface area contributed by atoms with Crippen LogP contribution in [-0.2, 0) is 4.74 Å². The summed E-state index contributed by atoms with van der Waals surface area (Å²) in [5.74, 6) is 0. The van der Waals surface area contributed by atoms with Crippen molar-refractivity contribution in [2.75, 3.05) is 19.5 Å². The molecule has 0 atom stereocenters. The van der Waals surface area contributed by atoms with Crippen molar-refractivity contribution in [1.82, 2.24) is 0 Å². The lowest BCUT2D eigenvalue weighted by atomic mass is 10.2. The van der Waals surface area contributed by atoms with Crippen LogP contribution in [0.1, 0.15) is 27.2 Å². The quantitative estimate of drug-likeness (QED) is 0.575. The van der Waals surface area contributed by atoms with Crippen molar-refractivity contribution in [3.8, 4) is 0 Å². The highest BCUT2D eigenvalue weighted by Crippen LogP contribution is 2.20. The fourth-order valence-electron chi connectivity index (χ4n) is 0.521. The van der Waals surface area contributed by atoms with Crippen LogP contribution >= 0.6 is 11.8 Å². The van der Waals surface area contributed by atoms with Crippen LogP contribution in [0.3, 0.4) is 0 Å². The van der Waals surface area contributed by atoms with E-state index in [1.54, 1.807) is 0 Å². The zero-order valence-corrected chi connectivity index (χ0v) is 8.25. The van der Waals surface area contributed by atoms with Crippen molar-refractivity contribution in [3.05, 3.63) is 0 Å². The summed E-state index contributed by atoms with van der Waals surface area (Å²) < 4.78 is 5.70. The molecule has 2 heteroatoms. The van der Waals surface area contributed by atoms with Crippen molar-refractivity contribution in [2.24, 2.45) is 0 Å². The maximum absolute atomic E-state index is 5.42.